The molecule has 0 aromatic heterocycles. The maximum Gasteiger partial charge on any atom is 0.315 e. The van der Waals surface area contributed by atoms with Crippen LogP contribution in [0, 0.1) is 0 Å². The molecule has 1 aromatic rings. The predicted molar refractivity (Wildman–Crippen MR) is 81.5 cm³/mol. The van der Waals surface area contributed by atoms with Crippen LogP contribution in [0.2, 0.25) is 0 Å². The summed E-state index contributed by atoms with van der Waals surface area (Å²) in [7, 11) is 0. The third kappa shape index (κ3) is 4.85. The van der Waals surface area contributed by atoms with Gasteiger partial charge in [-0.05, 0) is 43.5 Å². The zero-order valence-electron chi connectivity index (χ0n) is 12.3. The topological polar surface area (TPSA) is 44.4 Å². The number of nitrogens with one attached hydrogen (secondary N) is 2. The van der Waals surface area contributed by atoms with Crippen LogP contribution in [-0.4, -0.2) is 30.6 Å². The Morgan fingerprint density at radius 2 is 1.75 bits per heavy atom. The highest BCUT2D eigenvalue weighted by atomic mass is 16.2. The monoisotopic (exact) mass is 275 g/mol. The average Bonchev–Trinajstić information content (AvgIpc) is 2.97. The Kier molecular flexibility index (Phi) is 5.87. The van der Waals surface area contributed by atoms with Crippen molar-refractivity contribution in [2.75, 3.05) is 19.6 Å². The number of benzene rings is 1. The van der Waals surface area contributed by atoms with Gasteiger partial charge in [0.15, 0.2) is 0 Å². The average molecular weight is 275 g/mol. The summed E-state index contributed by atoms with van der Waals surface area (Å²) >= 11 is 0. The molecular weight excluding hydrogens is 250 g/mol. The first-order valence-electron chi connectivity index (χ1n) is 7.60. The predicted octanol–water partition coefficient (Wildman–Crippen LogP) is 2.49. The summed E-state index contributed by atoms with van der Waals surface area (Å²) in [6.07, 6.45) is 3.61. The van der Waals surface area contributed by atoms with Crippen molar-refractivity contribution in [1.29, 1.82) is 0 Å². The van der Waals surface area contributed by atoms with E-state index in [4.69, 9.17) is 0 Å². The van der Waals surface area contributed by atoms with Gasteiger partial charge in [0.1, 0.15) is 0 Å². The molecule has 0 atom stereocenters. The van der Waals surface area contributed by atoms with Crippen LogP contribution in [0.25, 0.3) is 0 Å². The Morgan fingerprint density at radius 1 is 1.10 bits per heavy atom. The third-order valence-electron chi connectivity index (χ3n) is 3.62. The molecule has 0 unspecified atom stereocenters. The molecular formula is C16H25N3O. The Labute approximate surface area is 121 Å². The lowest BCUT2D eigenvalue weighted by atomic mass is 10.1. The Bertz CT molecular complexity index is 410. The van der Waals surface area contributed by atoms with E-state index in [9.17, 15) is 4.79 Å². The third-order valence-corrected chi connectivity index (χ3v) is 3.62. The van der Waals surface area contributed by atoms with Gasteiger partial charge in [-0.3, -0.25) is 4.90 Å². The summed E-state index contributed by atoms with van der Waals surface area (Å²) in [5, 5.41) is 5.67. The molecule has 1 saturated heterocycles. The van der Waals surface area contributed by atoms with Gasteiger partial charge in [0.05, 0.1) is 0 Å². The van der Waals surface area contributed by atoms with Crippen LogP contribution in [-0.2, 0) is 13.1 Å². The fourth-order valence-electron chi connectivity index (χ4n) is 2.44. The van der Waals surface area contributed by atoms with Gasteiger partial charge in [-0.1, -0.05) is 31.2 Å². The van der Waals surface area contributed by atoms with Crippen LogP contribution in [0.4, 0.5) is 4.79 Å². The number of carbonyl (C=O) groups is 1. The molecule has 2 amide bonds. The number of hydrogen-bond acceptors (Lipinski definition) is 2. The fraction of sp³-hybridized carbons (Fsp3) is 0.562. The van der Waals surface area contributed by atoms with Crippen LogP contribution in [0.1, 0.15) is 37.3 Å². The zero-order chi connectivity index (χ0) is 14.2. The van der Waals surface area contributed by atoms with Crippen LogP contribution >= 0.6 is 0 Å². The first-order valence-corrected chi connectivity index (χ1v) is 7.60. The van der Waals surface area contributed by atoms with Gasteiger partial charge >= 0.3 is 6.03 Å². The number of urea groups is 1. The molecule has 1 fully saturated rings. The Morgan fingerprint density at radius 3 is 2.40 bits per heavy atom. The number of hydrogen-bond donors (Lipinski definition) is 2. The molecule has 4 heteroatoms. The van der Waals surface area contributed by atoms with E-state index in [1.54, 1.807) is 0 Å². The van der Waals surface area contributed by atoms with Crippen LogP contribution in [0.15, 0.2) is 24.3 Å². The second kappa shape index (κ2) is 7.90. The molecule has 20 heavy (non-hydrogen) atoms. The number of likely N-dealkylation sites (tertiary alicyclic amines) is 1. The van der Waals surface area contributed by atoms with Crippen molar-refractivity contribution in [2.24, 2.45) is 0 Å². The maximum absolute atomic E-state index is 11.4. The lowest BCUT2D eigenvalue weighted by Gasteiger charge is -2.14. The van der Waals surface area contributed by atoms with E-state index in [2.05, 4.69) is 39.8 Å². The van der Waals surface area contributed by atoms with E-state index in [0.29, 0.717) is 6.54 Å². The number of carbonyl (C=O) groups excluding carboxylic acids is 1. The van der Waals surface area contributed by atoms with Crippen molar-refractivity contribution in [3.63, 3.8) is 0 Å². The van der Waals surface area contributed by atoms with E-state index in [1.807, 2.05) is 6.92 Å². The quantitative estimate of drug-likeness (QED) is 0.838. The lowest BCUT2D eigenvalue weighted by Crippen LogP contribution is -2.35. The van der Waals surface area contributed by atoms with Gasteiger partial charge in [-0.2, -0.15) is 0 Å². The molecule has 0 bridgehead atoms. The Balaban J connectivity index is 1.74. The molecule has 0 radical (unpaired) electrons. The van der Waals surface area contributed by atoms with E-state index in [-0.39, 0.29) is 6.03 Å². The van der Waals surface area contributed by atoms with Crippen molar-refractivity contribution in [3.05, 3.63) is 35.4 Å². The number of rotatable bonds is 6. The summed E-state index contributed by atoms with van der Waals surface area (Å²) in [5.74, 6) is 0. The van der Waals surface area contributed by atoms with E-state index >= 15 is 0 Å². The van der Waals surface area contributed by atoms with E-state index < -0.39 is 0 Å². The maximum atomic E-state index is 11.4. The Hall–Kier alpha value is -1.55. The number of nitrogens with zero attached hydrogens (tertiary/aromatic N) is 1. The van der Waals surface area contributed by atoms with E-state index in [1.165, 1.54) is 31.5 Å². The molecule has 1 heterocycles. The van der Waals surface area contributed by atoms with Crippen molar-refractivity contribution in [2.45, 2.75) is 39.3 Å². The van der Waals surface area contributed by atoms with Crippen molar-refractivity contribution in [1.82, 2.24) is 15.5 Å². The van der Waals surface area contributed by atoms with E-state index in [0.717, 1.165) is 25.1 Å². The summed E-state index contributed by atoms with van der Waals surface area (Å²) in [4.78, 5) is 13.9. The molecule has 2 rings (SSSR count). The minimum atomic E-state index is -0.0898. The fourth-order valence-corrected chi connectivity index (χ4v) is 2.44. The second-order valence-electron chi connectivity index (χ2n) is 5.41. The summed E-state index contributed by atoms with van der Waals surface area (Å²) < 4.78 is 0. The minimum Gasteiger partial charge on any atom is -0.338 e. The van der Waals surface area contributed by atoms with Crippen LogP contribution in [0.5, 0.6) is 0 Å². The zero-order valence-corrected chi connectivity index (χ0v) is 12.3. The van der Waals surface area contributed by atoms with Gasteiger partial charge in [-0.25, -0.2) is 4.79 Å². The van der Waals surface area contributed by atoms with Crippen LogP contribution in [0.3, 0.4) is 0 Å². The first kappa shape index (κ1) is 14.9. The summed E-state index contributed by atoms with van der Waals surface area (Å²) in [6, 6.07) is 8.45. The highest BCUT2D eigenvalue weighted by Crippen LogP contribution is 2.13. The SMILES string of the molecule is CCCNC(=O)NCc1ccc(CN2CCCC2)cc1. The lowest BCUT2D eigenvalue weighted by molar-refractivity contribution is 0.240. The standard InChI is InChI=1S/C16H25N3O/c1-2-9-17-16(20)18-12-14-5-7-15(8-6-14)13-19-10-3-4-11-19/h5-8H,2-4,9-13H2,1H3,(H2,17,18,20). The highest BCUT2D eigenvalue weighted by Gasteiger charge is 2.11. The van der Waals surface area contributed by atoms with Gasteiger partial charge in [0.25, 0.3) is 0 Å². The summed E-state index contributed by atoms with van der Waals surface area (Å²) in [5.41, 5.74) is 2.49. The largest absolute Gasteiger partial charge is 0.338 e. The van der Waals surface area contributed by atoms with Crippen molar-refractivity contribution in [3.8, 4) is 0 Å². The molecule has 0 saturated carbocycles. The van der Waals surface area contributed by atoms with Gasteiger partial charge in [-0.15, -0.1) is 0 Å². The van der Waals surface area contributed by atoms with Gasteiger partial charge in [0, 0.05) is 19.6 Å². The normalized spacial score (nSPS) is 15.2. The van der Waals surface area contributed by atoms with Gasteiger partial charge < -0.3 is 10.6 Å². The minimum absolute atomic E-state index is 0.0898. The molecule has 0 aliphatic carbocycles. The molecule has 1 aliphatic heterocycles. The molecule has 110 valence electrons. The first-order chi connectivity index (χ1) is 9.78. The second-order valence-corrected chi connectivity index (χ2v) is 5.41. The van der Waals surface area contributed by atoms with Crippen molar-refractivity contribution >= 4 is 6.03 Å². The molecule has 1 aliphatic rings. The summed E-state index contributed by atoms with van der Waals surface area (Å²) in [6.45, 7) is 6.84. The molecule has 4 nitrogen and oxygen atoms in total. The van der Waals surface area contributed by atoms with Crippen molar-refractivity contribution < 1.29 is 4.79 Å². The molecule has 2 N–H and O–H groups in total. The molecule has 0 spiro atoms. The van der Waals surface area contributed by atoms with Gasteiger partial charge in [0.2, 0.25) is 0 Å². The number of amides is 2. The highest BCUT2D eigenvalue weighted by molar-refractivity contribution is 5.73. The van der Waals surface area contributed by atoms with Crippen LogP contribution < -0.4 is 10.6 Å². The smallest absolute Gasteiger partial charge is 0.315 e. The molecule has 1 aromatic carbocycles.